The minimum absolute atomic E-state index is 0.0867. The van der Waals surface area contributed by atoms with Crippen molar-refractivity contribution in [2.24, 2.45) is 0 Å². The zero-order chi connectivity index (χ0) is 23.7. The number of anilines is 2. The largest absolute Gasteiger partial charge is 0.508 e. The number of benzene rings is 2. The highest BCUT2D eigenvalue weighted by molar-refractivity contribution is 5.89. The molecule has 3 heterocycles. The Kier molecular flexibility index (Phi) is 5.84. The zero-order valence-corrected chi connectivity index (χ0v) is 19.5. The molecule has 2 aromatic carbocycles. The van der Waals surface area contributed by atoms with Crippen LogP contribution < -0.4 is 10.2 Å². The number of hydrogen-bond donors (Lipinski definition) is 2. The number of fused-ring (bicyclic) bond motifs is 1. The fourth-order valence-electron chi connectivity index (χ4n) is 4.63. The number of hydrogen-bond acceptors (Lipinski definition) is 4. The first-order valence-electron chi connectivity index (χ1n) is 11.6. The van der Waals surface area contributed by atoms with Crippen molar-refractivity contribution in [3.63, 3.8) is 0 Å². The van der Waals surface area contributed by atoms with Crippen LogP contribution in [0.4, 0.5) is 16.2 Å². The molecule has 7 nitrogen and oxygen atoms in total. The van der Waals surface area contributed by atoms with Crippen LogP contribution in [-0.2, 0) is 0 Å². The van der Waals surface area contributed by atoms with Crippen LogP contribution in [0.15, 0.2) is 72.9 Å². The number of aromatic hydroxyl groups is 1. The van der Waals surface area contributed by atoms with E-state index in [0.29, 0.717) is 6.54 Å². The van der Waals surface area contributed by atoms with E-state index in [1.807, 2.05) is 84.7 Å². The molecule has 1 unspecified atom stereocenters. The van der Waals surface area contributed by atoms with E-state index in [-0.39, 0.29) is 17.7 Å². The van der Waals surface area contributed by atoms with Crippen molar-refractivity contribution in [2.75, 3.05) is 37.4 Å². The van der Waals surface area contributed by atoms with E-state index in [1.54, 1.807) is 12.1 Å². The number of carbonyl (C=O) groups excluding carboxylic acids is 1. The molecule has 34 heavy (non-hydrogen) atoms. The molecular weight excluding hydrogens is 426 g/mol. The number of aromatic nitrogens is 2. The molecule has 5 rings (SSSR count). The van der Waals surface area contributed by atoms with Gasteiger partial charge in [-0.3, -0.25) is 0 Å². The van der Waals surface area contributed by atoms with Gasteiger partial charge in [0.2, 0.25) is 0 Å². The molecule has 2 aromatic heterocycles. The molecule has 0 radical (unpaired) electrons. The van der Waals surface area contributed by atoms with E-state index in [1.165, 1.54) is 0 Å². The first-order valence-corrected chi connectivity index (χ1v) is 11.6. The summed E-state index contributed by atoms with van der Waals surface area (Å²) in [7, 11) is 3.99. The Morgan fingerprint density at radius 3 is 2.68 bits per heavy atom. The third-order valence-electron chi connectivity index (χ3n) is 6.40. The first kappa shape index (κ1) is 21.8. The third kappa shape index (κ3) is 4.29. The smallest absolute Gasteiger partial charge is 0.321 e. The molecule has 0 spiro atoms. The SMILES string of the molecule is CN(C)c1ccc(NC(=O)N2CCCC(c3nc(-c4cccc(O)c4)c4ccccn34)C2)cc1. The van der Waals surface area contributed by atoms with Gasteiger partial charge in [-0.05, 0) is 61.4 Å². The second-order valence-corrected chi connectivity index (χ2v) is 8.98. The summed E-state index contributed by atoms with van der Waals surface area (Å²) < 4.78 is 2.12. The van der Waals surface area contributed by atoms with Crippen LogP contribution in [0.3, 0.4) is 0 Å². The summed E-state index contributed by atoms with van der Waals surface area (Å²) in [5.74, 6) is 1.29. The van der Waals surface area contributed by atoms with E-state index in [9.17, 15) is 9.90 Å². The lowest BCUT2D eigenvalue weighted by Crippen LogP contribution is -2.42. The summed E-state index contributed by atoms with van der Waals surface area (Å²) in [6, 6.07) is 21.0. The molecule has 0 saturated carbocycles. The number of phenolic OH excluding ortho intramolecular Hbond substituents is 1. The average molecular weight is 456 g/mol. The number of rotatable bonds is 4. The average Bonchev–Trinajstić information content (AvgIpc) is 3.24. The van der Waals surface area contributed by atoms with Crippen molar-refractivity contribution in [1.29, 1.82) is 0 Å². The number of urea groups is 1. The molecule has 1 aliphatic rings. The summed E-state index contributed by atoms with van der Waals surface area (Å²) in [6.45, 7) is 1.33. The van der Waals surface area contributed by atoms with Crippen molar-refractivity contribution < 1.29 is 9.90 Å². The first-order chi connectivity index (χ1) is 16.5. The van der Waals surface area contributed by atoms with Crippen molar-refractivity contribution in [2.45, 2.75) is 18.8 Å². The Morgan fingerprint density at radius 1 is 1.09 bits per heavy atom. The molecule has 1 saturated heterocycles. The van der Waals surface area contributed by atoms with Gasteiger partial charge in [0.15, 0.2) is 0 Å². The normalized spacial score (nSPS) is 15.9. The van der Waals surface area contributed by atoms with Crippen molar-refractivity contribution in [1.82, 2.24) is 14.3 Å². The van der Waals surface area contributed by atoms with Gasteiger partial charge in [-0.2, -0.15) is 0 Å². The number of pyridine rings is 1. The number of amides is 2. The molecule has 4 aromatic rings. The zero-order valence-electron chi connectivity index (χ0n) is 19.5. The van der Waals surface area contributed by atoms with Gasteiger partial charge in [0, 0.05) is 56.2 Å². The molecule has 0 bridgehead atoms. The Morgan fingerprint density at radius 2 is 1.91 bits per heavy atom. The highest BCUT2D eigenvalue weighted by atomic mass is 16.3. The molecule has 0 aliphatic carbocycles. The molecule has 1 aliphatic heterocycles. The second kappa shape index (κ2) is 9.09. The van der Waals surface area contributed by atoms with Gasteiger partial charge in [-0.15, -0.1) is 0 Å². The van der Waals surface area contributed by atoms with Gasteiger partial charge in [0.05, 0.1) is 11.2 Å². The molecule has 174 valence electrons. The van der Waals surface area contributed by atoms with Crippen LogP contribution in [-0.4, -0.2) is 52.6 Å². The van der Waals surface area contributed by atoms with E-state index in [0.717, 1.165) is 53.4 Å². The van der Waals surface area contributed by atoms with Crippen LogP contribution in [0, 0.1) is 0 Å². The van der Waals surface area contributed by atoms with Gasteiger partial charge in [0.1, 0.15) is 11.6 Å². The number of piperidine rings is 1. The van der Waals surface area contributed by atoms with Crippen LogP contribution in [0.2, 0.25) is 0 Å². The Balaban J connectivity index is 1.38. The van der Waals surface area contributed by atoms with E-state index in [2.05, 4.69) is 9.72 Å². The number of phenols is 1. The highest BCUT2D eigenvalue weighted by Gasteiger charge is 2.28. The Labute approximate surface area is 199 Å². The summed E-state index contributed by atoms with van der Waals surface area (Å²) in [5, 5.41) is 13.0. The molecule has 7 heteroatoms. The van der Waals surface area contributed by atoms with Crippen LogP contribution in [0.5, 0.6) is 5.75 Å². The summed E-state index contributed by atoms with van der Waals surface area (Å²) in [4.78, 5) is 22.0. The molecule has 1 atom stereocenters. The molecule has 1 fully saturated rings. The summed E-state index contributed by atoms with van der Waals surface area (Å²) >= 11 is 0. The number of carbonyl (C=O) groups is 1. The number of nitrogens with one attached hydrogen (secondary N) is 1. The lowest BCUT2D eigenvalue weighted by atomic mass is 9.97. The minimum Gasteiger partial charge on any atom is -0.508 e. The lowest BCUT2D eigenvalue weighted by Gasteiger charge is -2.32. The van der Waals surface area contributed by atoms with Gasteiger partial charge in [-0.1, -0.05) is 18.2 Å². The third-order valence-corrected chi connectivity index (χ3v) is 6.40. The van der Waals surface area contributed by atoms with Crippen molar-refractivity contribution in [3.8, 4) is 17.0 Å². The van der Waals surface area contributed by atoms with Crippen LogP contribution in [0.25, 0.3) is 16.8 Å². The lowest BCUT2D eigenvalue weighted by molar-refractivity contribution is 0.191. The quantitative estimate of drug-likeness (QED) is 0.445. The van der Waals surface area contributed by atoms with Gasteiger partial charge in [-0.25, -0.2) is 9.78 Å². The Hall–Kier alpha value is -4.00. The minimum atomic E-state index is -0.0867. The van der Waals surface area contributed by atoms with Gasteiger partial charge >= 0.3 is 6.03 Å². The van der Waals surface area contributed by atoms with Gasteiger partial charge < -0.3 is 24.6 Å². The molecule has 2 amide bonds. The maximum atomic E-state index is 13.0. The predicted octanol–water partition coefficient (Wildman–Crippen LogP) is 5.18. The summed E-state index contributed by atoms with van der Waals surface area (Å²) in [5.41, 5.74) is 4.58. The monoisotopic (exact) mass is 455 g/mol. The standard InChI is InChI=1S/C27H29N5O2/c1-30(2)22-13-11-21(12-14-22)28-27(34)31-15-6-8-20(18-31)26-29-25(19-7-5-9-23(33)17-19)24-10-3-4-16-32(24)26/h3-5,7,9-14,16-17,20,33H,6,8,15,18H2,1-2H3,(H,28,34). The maximum Gasteiger partial charge on any atom is 0.321 e. The second-order valence-electron chi connectivity index (χ2n) is 8.98. The Bertz CT molecular complexity index is 1310. The highest BCUT2D eigenvalue weighted by Crippen LogP contribution is 2.33. The van der Waals surface area contributed by atoms with Crippen LogP contribution in [0.1, 0.15) is 24.6 Å². The maximum absolute atomic E-state index is 13.0. The van der Waals surface area contributed by atoms with E-state index in [4.69, 9.17) is 4.98 Å². The van der Waals surface area contributed by atoms with Crippen LogP contribution >= 0.6 is 0 Å². The van der Waals surface area contributed by atoms with Crippen molar-refractivity contribution >= 4 is 22.9 Å². The van der Waals surface area contributed by atoms with Crippen molar-refractivity contribution in [3.05, 3.63) is 78.8 Å². The number of imidazole rings is 1. The van der Waals surface area contributed by atoms with E-state index >= 15 is 0 Å². The number of nitrogens with zero attached hydrogens (tertiary/aromatic N) is 4. The fraction of sp³-hybridized carbons (Fsp3) is 0.259. The molecule has 2 N–H and O–H groups in total. The fourth-order valence-corrected chi connectivity index (χ4v) is 4.63. The predicted molar refractivity (Wildman–Crippen MR) is 136 cm³/mol. The van der Waals surface area contributed by atoms with E-state index < -0.39 is 0 Å². The number of likely N-dealkylation sites (tertiary alicyclic amines) is 1. The summed E-state index contributed by atoms with van der Waals surface area (Å²) in [6.07, 6.45) is 3.91. The van der Waals surface area contributed by atoms with Gasteiger partial charge in [0.25, 0.3) is 0 Å². The molecular formula is C27H29N5O2. The topological polar surface area (TPSA) is 73.1 Å².